The van der Waals surface area contributed by atoms with Gasteiger partial charge in [-0.15, -0.1) is 0 Å². The molecule has 186 valence electrons. The Morgan fingerprint density at radius 1 is 0.688 bits per heavy atom. The zero-order chi connectivity index (χ0) is 23.9. The van der Waals surface area contributed by atoms with Crippen LogP contribution in [0.1, 0.15) is 32.1 Å². The van der Waals surface area contributed by atoms with E-state index in [-0.39, 0.29) is 17.0 Å². The van der Waals surface area contributed by atoms with E-state index in [4.69, 9.17) is 18.9 Å². The van der Waals surface area contributed by atoms with Crippen LogP contribution >= 0.6 is 18.5 Å². The lowest BCUT2D eigenvalue weighted by molar-refractivity contribution is -0.133. The highest BCUT2D eigenvalue weighted by Gasteiger charge is 2.13. The van der Waals surface area contributed by atoms with Crippen molar-refractivity contribution in [2.75, 3.05) is 72.5 Å². The van der Waals surface area contributed by atoms with Gasteiger partial charge < -0.3 is 29.2 Å². The van der Waals surface area contributed by atoms with E-state index in [9.17, 15) is 19.2 Å². The van der Waals surface area contributed by atoms with Crippen molar-refractivity contribution < 1.29 is 38.1 Å². The minimum absolute atomic E-state index is 0.00551. The Hall–Kier alpha value is -1.02. The van der Waals surface area contributed by atoms with Gasteiger partial charge in [0.1, 0.15) is 0 Å². The molecule has 32 heavy (non-hydrogen) atoms. The maximum Gasteiger partial charge on any atom is 0.222 e. The summed E-state index contributed by atoms with van der Waals surface area (Å²) in [6.07, 6.45) is 3.17. The van der Waals surface area contributed by atoms with Crippen LogP contribution in [-0.4, -0.2) is 101 Å². The van der Waals surface area contributed by atoms with Crippen molar-refractivity contribution in [3.8, 4) is 0 Å². The average molecular weight is 496 g/mol. The normalized spacial score (nSPS) is 10.7. The predicted octanol–water partition coefficient (Wildman–Crippen LogP) is 0.381. The van der Waals surface area contributed by atoms with Gasteiger partial charge >= 0.3 is 0 Å². The van der Waals surface area contributed by atoms with Crippen LogP contribution in [0, 0.1) is 0 Å². The van der Waals surface area contributed by atoms with Crippen LogP contribution in [0.2, 0.25) is 0 Å². The van der Waals surface area contributed by atoms with E-state index in [1.807, 2.05) is 0 Å². The number of hydrogen-bond acceptors (Lipinski definition) is 8. The molecule has 0 saturated carbocycles. The Bertz CT molecular complexity index is 496. The van der Waals surface area contributed by atoms with Crippen molar-refractivity contribution in [2.45, 2.75) is 32.1 Å². The third kappa shape index (κ3) is 22.2. The first-order valence-electron chi connectivity index (χ1n) is 10.8. The summed E-state index contributed by atoms with van der Waals surface area (Å²) >= 11 is 0. The Morgan fingerprint density at radius 2 is 1.16 bits per heavy atom. The number of hydrogen-bond donors (Lipinski definition) is 1. The minimum atomic E-state index is 0.00551. The number of amides is 2. The molecule has 0 bridgehead atoms. The smallest absolute Gasteiger partial charge is 0.222 e. The molecule has 0 rings (SSSR count). The van der Waals surface area contributed by atoms with E-state index in [0.29, 0.717) is 105 Å². The molecule has 0 heterocycles. The fraction of sp³-hybridized carbons (Fsp3) is 0.800. The highest BCUT2D eigenvalue weighted by atomic mass is 31.0. The molecule has 0 aromatic carbocycles. The lowest BCUT2D eigenvalue weighted by Crippen LogP contribution is -2.37. The van der Waals surface area contributed by atoms with E-state index < -0.39 is 0 Å². The maximum atomic E-state index is 12.5. The topological polar surface area (TPSA) is 120 Å². The summed E-state index contributed by atoms with van der Waals surface area (Å²) in [6.45, 7) is 4.45. The van der Waals surface area contributed by atoms with Gasteiger partial charge in [0.15, 0.2) is 11.0 Å². The first kappa shape index (κ1) is 31.0. The highest BCUT2D eigenvalue weighted by Crippen LogP contribution is 2.02. The van der Waals surface area contributed by atoms with Crippen LogP contribution in [0.4, 0.5) is 0 Å². The van der Waals surface area contributed by atoms with E-state index in [1.54, 1.807) is 4.90 Å². The molecular weight excluding hydrogens is 458 g/mol. The molecule has 0 saturated heterocycles. The lowest BCUT2D eigenvalue weighted by Gasteiger charge is -2.23. The predicted molar refractivity (Wildman–Crippen MR) is 126 cm³/mol. The van der Waals surface area contributed by atoms with Crippen LogP contribution in [0.3, 0.4) is 0 Å². The molecule has 0 radical (unpaired) electrons. The van der Waals surface area contributed by atoms with Crippen molar-refractivity contribution in [1.82, 2.24) is 10.2 Å². The minimum Gasteiger partial charge on any atom is -0.379 e. The van der Waals surface area contributed by atoms with E-state index in [1.165, 1.54) is 0 Å². The summed E-state index contributed by atoms with van der Waals surface area (Å²) in [6, 6.07) is 0. The second kappa shape index (κ2) is 23.1. The molecule has 2 unspecified atom stereocenters. The monoisotopic (exact) mass is 496 g/mol. The standard InChI is InChI=1S/C20H38N2O8P2/c23-17-21-6-2-1-3-18(24)22(7-11-29-15-13-27-9-4-19(25)31)8-12-30-16-14-28-10-5-20(26)32/h17H,1-16,31-32H2,(H,21,23). The molecule has 0 aliphatic rings. The number of nitrogens with zero attached hydrogens (tertiary/aromatic N) is 1. The second-order valence-electron chi connectivity index (χ2n) is 6.79. The lowest BCUT2D eigenvalue weighted by atomic mass is 10.2. The molecule has 2 atom stereocenters. The molecule has 1 N–H and O–H groups in total. The summed E-state index contributed by atoms with van der Waals surface area (Å²) < 4.78 is 21.6. The van der Waals surface area contributed by atoms with Crippen LogP contribution in [0.25, 0.3) is 0 Å². The summed E-state index contributed by atoms with van der Waals surface area (Å²) in [5.74, 6) is 0.00807. The summed E-state index contributed by atoms with van der Waals surface area (Å²) in [4.78, 5) is 46.1. The van der Waals surface area contributed by atoms with Crippen molar-refractivity contribution in [1.29, 1.82) is 0 Å². The molecular formula is C20H38N2O8P2. The van der Waals surface area contributed by atoms with E-state index in [0.717, 1.165) is 6.42 Å². The summed E-state index contributed by atoms with van der Waals surface area (Å²) in [5.41, 5.74) is 0.0110. The Labute approximate surface area is 195 Å². The van der Waals surface area contributed by atoms with Crippen molar-refractivity contribution >= 4 is 41.8 Å². The first-order chi connectivity index (χ1) is 15.5. The van der Waals surface area contributed by atoms with Crippen LogP contribution in [0.15, 0.2) is 0 Å². The van der Waals surface area contributed by atoms with Gasteiger partial charge in [-0.1, -0.05) is 18.5 Å². The molecule has 0 aliphatic carbocycles. The zero-order valence-electron chi connectivity index (χ0n) is 18.8. The molecule has 0 fully saturated rings. The van der Waals surface area contributed by atoms with Gasteiger partial charge in [0.25, 0.3) is 0 Å². The Morgan fingerprint density at radius 3 is 1.59 bits per heavy atom. The van der Waals surface area contributed by atoms with Crippen LogP contribution < -0.4 is 5.32 Å². The van der Waals surface area contributed by atoms with Crippen LogP contribution in [-0.2, 0) is 38.1 Å². The number of nitrogens with one attached hydrogen (secondary N) is 1. The van der Waals surface area contributed by atoms with Crippen LogP contribution in [0.5, 0.6) is 0 Å². The van der Waals surface area contributed by atoms with Crippen molar-refractivity contribution in [3.63, 3.8) is 0 Å². The fourth-order valence-electron chi connectivity index (χ4n) is 2.42. The van der Waals surface area contributed by atoms with Gasteiger partial charge in [0.2, 0.25) is 12.3 Å². The highest BCUT2D eigenvalue weighted by molar-refractivity contribution is 7.40. The number of carbonyl (C=O) groups is 4. The van der Waals surface area contributed by atoms with Gasteiger partial charge in [-0.25, -0.2) is 0 Å². The second-order valence-corrected chi connectivity index (χ2v) is 8.08. The van der Waals surface area contributed by atoms with E-state index in [2.05, 4.69) is 23.8 Å². The van der Waals surface area contributed by atoms with Gasteiger partial charge in [0.05, 0.1) is 52.9 Å². The number of unbranched alkanes of at least 4 members (excludes halogenated alkanes) is 1. The summed E-state index contributed by atoms with van der Waals surface area (Å²) in [7, 11) is 4.21. The number of ether oxygens (including phenoxy) is 4. The fourth-order valence-corrected chi connectivity index (χ4v) is 2.66. The SMILES string of the molecule is O=CNCCCCC(=O)N(CCOCCOCCC(=O)P)CCOCCOCCC(=O)P. The maximum absolute atomic E-state index is 12.5. The third-order valence-corrected chi connectivity index (χ3v) is 4.72. The van der Waals surface area contributed by atoms with Gasteiger partial charge in [-0.05, 0) is 12.8 Å². The number of carbonyl (C=O) groups excluding carboxylic acids is 4. The largest absolute Gasteiger partial charge is 0.379 e. The Balaban J connectivity index is 4.08. The molecule has 0 aliphatic heterocycles. The molecule has 2 amide bonds. The molecule has 0 aromatic heterocycles. The molecule has 0 spiro atoms. The average Bonchev–Trinajstić information content (AvgIpc) is 2.75. The summed E-state index contributed by atoms with van der Waals surface area (Å²) in [5, 5.41) is 2.58. The quantitative estimate of drug-likeness (QED) is 0.116. The van der Waals surface area contributed by atoms with Crippen molar-refractivity contribution in [3.05, 3.63) is 0 Å². The molecule has 12 heteroatoms. The number of rotatable bonds is 24. The zero-order valence-corrected chi connectivity index (χ0v) is 21.1. The molecule has 10 nitrogen and oxygen atoms in total. The van der Waals surface area contributed by atoms with Crippen molar-refractivity contribution in [2.24, 2.45) is 0 Å². The first-order valence-corrected chi connectivity index (χ1v) is 11.9. The Kier molecular flexibility index (Phi) is 22.4. The van der Waals surface area contributed by atoms with Gasteiger partial charge in [-0.3, -0.25) is 19.2 Å². The van der Waals surface area contributed by atoms with E-state index >= 15 is 0 Å². The van der Waals surface area contributed by atoms with Gasteiger partial charge in [0, 0.05) is 38.9 Å². The van der Waals surface area contributed by atoms with Gasteiger partial charge in [-0.2, -0.15) is 0 Å². The third-order valence-electron chi connectivity index (χ3n) is 4.14. The molecule has 0 aromatic rings.